The van der Waals surface area contributed by atoms with Crippen molar-refractivity contribution in [2.45, 2.75) is 13.0 Å². The van der Waals surface area contributed by atoms with Crippen LogP contribution in [0.4, 0.5) is 5.69 Å². The number of nitrogens with zero attached hydrogens (tertiary/aromatic N) is 1. The van der Waals surface area contributed by atoms with E-state index in [-0.39, 0.29) is 22.8 Å². The first kappa shape index (κ1) is 20.5. The molecule has 6 nitrogen and oxygen atoms in total. The Bertz CT molecular complexity index is 1430. The van der Waals surface area contributed by atoms with E-state index in [4.69, 9.17) is 4.42 Å². The summed E-state index contributed by atoms with van der Waals surface area (Å²) in [6.45, 7) is 1.87. The number of carbonyl (C=O) groups is 2. The van der Waals surface area contributed by atoms with Crippen LogP contribution in [-0.2, 0) is 4.79 Å². The third-order valence-corrected chi connectivity index (χ3v) is 7.01. The van der Waals surface area contributed by atoms with Gasteiger partial charge >= 0.3 is 0 Å². The number of rotatable bonds is 4. The van der Waals surface area contributed by atoms with Gasteiger partial charge in [0.2, 0.25) is 5.78 Å². The lowest BCUT2D eigenvalue weighted by Crippen LogP contribution is -2.31. The van der Waals surface area contributed by atoms with Gasteiger partial charge < -0.3 is 14.6 Å². The number of furan rings is 1. The molecule has 4 aromatic rings. The Hall–Kier alpha value is -3.36. The fourth-order valence-corrected chi connectivity index (χ4v) is 5.33. The van der Waals surface area contributed by atoms with Crippen LogP contribution in [0.15, 0.2) is 80.2 Å². The van der Waals surface area contributed by atoms with Crippen molar-refractivity contribution in [2.24, 2.45) is 0 Å². The van der Waals surface area contributed by atoms with Crippen LogP contribution in [0.5, 0.6) is 5.75 Å². The molecule has 0 fully saturated rings. The van der Waals surface area contributed by atoms with Crippen molar-refractivity contribution in [1.82, 2.24) is 0 Å². The molecular formula is C24H16BrNO5S. The number of carbonyl (C=O) groups excluding carboxylic acids is 2. The van der Waals surface area contributed by atoms with Crippen LogP contribution < -0.4 is 4.90 Å². The van der Waals surface area contributed by atoms with Gasteiger partial charge in [-0.3, -0.25) is 14.5 Å². The van der Waals surface area contributed by atoms with E-state index in [1.807, 2.05) is 24.4 Å². The van der Waals surface area contributed by atoms with Crippen LogP contribution in [-0.4, -0.2) is 21.9 Å². The lowest BCUT2D eigenvalue weighted by molar-refractivity contribution is -0.117. The van der Waals surface area contributed by atoms with Gasteiger partial charge in [-0.05, 0) is 60.3 Å². The number of amides is 1. The number of aryl methyl sites for hydroxylation is 1. The fourth-order valence-electron chi connectivity index (χ4n) is 3.92. The maximum Gasteiger partial charge on any atom is 0.294 e. The van der Waals surface area contributed by atoms with Crippen molar-refractivity contribution < 1.29 is 24.2 Å². The molecule has 2 N–H and O–H groups in total. The molecule has 0 aliphatic carbocycles. The Morgan fingerprint density at radius 3 is 2.62 bits per heavy atom. The van der Waals surface area contributed by atoms with Crippen LogP contribution in [0.3, 0.4) is 0 Å². The number of aromatic hydroxyl groups is 1. The van der Waals surface area contributed by atoms with Crippen LogP contribution in [0.1, 0.15) is 27.0 Å². The Balaban J connectivity index is 1.68. The number of hydrogen-bond acceptors (Lipinski definition) is 6. The zero-order valence-electron chi connectivity index (χ0n) is 16.7. The molecule has 0 radical (unpaired) electrons. The average molecular weight is 510 g/mol. The minimum absolute atomic E-state index is 0.0193. The van der Waals surface area contributed by atoms with Crippen LogP contribution in [0.2, 0.25) is 0 Å². The highest BCUT2D eigenvalue weighted by atomic mass is 79.9. The molecule has 1 unspecified atom stereocenters. The lowest BCUT2D eigenvalue weighted by atomic mass is 9.98. The van der Waals surface area contributed by atoms with Crippen molar-refractivity contribution in [3.05, 3.63) is 92.0 Å². The van der Waals surface area contributed by atoms with E-state index in [0.29, 0.717) is 15.8 Å². The molecule has 8 heteroatoms. The molecule has 0 saturated carbocycles. The Morgan fingerprint density at radius 2 is 1.91 bits per heavy atom. The smallest absolute Gasteiger partial charge is 0.294 e. The molecule has 2 aromatic carbocycles. The molecule has 0 spiro atoms. The highest BCUT2D eigenvalue weighted by Crippen LogP contribution is 2.46. The molecule has 1 atom stereocenters. The van der Waals surface area contributed by atoms with Gasteiger partial charge in [0, 0.05) is 14.7 Å². The van der Waals surface area contributed by atoms with Crippen LogP contribution >= 0.6 is 27.3 Å². The summed E-state index contributed by atoms with van der Waals surface area (Å²) >= 11 is 4.77. The number of anilines is 1. The summed E-state index contributed by atoms with van der Waals surface area (Å²) < 4.78 is 6.58. The normalized spacial score (nSPS) is 16.4. The number of Topliss-reactive ketones (excluding diaryl/α,β-unsaturated/α-hetero) is 1. The van der Waals surface area contributed by atoms with Gasteiger partial charge in [-0.2, -0.15) is 0 Å². The number of ketones is 1. The molecule has 1 amide bonds. The van der Waals surface area contributed by atoms with Crippen molar-refractivity contribution in [3.8, 4) is 5.75 Å². The number of phenolic OH excluding ortho intramolecular Hbond substituents is 1. The molecule has 0 saturated heterocycles. The second kappa shape index (κ2) is 7.65. The van der Waals surface area contributed by atoms with Gasteiger partial charge in [-0.25, -0.2) is 0 Å². The molecule has 3 heterocycles. The predicted molar refractivity (Wildman–Crippen MR) is 125 cm³/mol. The van der Waals surface area contributed by atoms with Gasteiger partial charge in [-0.1, -0.05) is 28.1 Å². The molecule has 0 bridgehead atoms. The average Bonchev–Trinajstić information content (AvgIpc) is 3.44. The number of thiophene rings is 1. The monoisotopic (exact) mass is 509 g/mol. The largest absolute Gasteiger partial charge is 0.506 e. The van der Waals surface area contributed by atoms with E-state index in [1.165, 1.54) is 22.3 Å². The summed E-state index contributed by atoms with van der Waals surface area (Å²) in [7, 11) is 0. The van der Waals surface area contributed by atoms with Crippen molar-refractivity contribution in [2.75, 3.05) is 4.90 Å². The van der Waals surface area contributed by atoms with E-state index >= 15 is 0 Å². The first-order valence-corrected chi connectivity index (χ1v) is 11.4. The Morgan fingerprint density at radius 1 is 1.12 bits per heavy atom. The maximum atomic E-state index is 13.6. The number of benzene rings is 2. The minimum Gasteiger partial charge on any atom is -0.506 e. The third kappa shape index (κ3) is 3.14. The van der Waals surface area contributed by atoms with Crippen LogP contribution in [0.25, 0.3) is 11.0 Å². The number of phenols is 1. The second-order valence-electron chi connectivity index (χ2n) is 7.42. The predicted octanol–water partition coefficient (Wildman–Crippen LogP) is 6.05. The first-order valence-electron chi connectivity index (χ1n) is 9.69. The third-order valence-electron chi connectivity index (χ3n) is 5.45. The minimum atomic E-state index is -0.900. The maximum absolute atomic E-state index is 13.6. The molecule has 1 aliphatic rings. The number of halogens is 1. The van der Waals surface area contributed by atoms with E-state index in [9.17, 15) is 19.8 Å². The Labute approximate surface area is 195 Å². The van der Waals surface area contributed by atoms with Crippen molar-refractivity contribution in [1.29, 1.82) is 0 Å². The van der Waals surface area contributed by atoms with E-state index in [0.717, 1.165) is 10.0 Å². The van der Waals surface area contributed by atoms with E-state index in [1.54, 1.807) is 36.4 Å². The van der Waals surface area contributed by atoms with Gasteiger partial charge in [0.15, 0.2) is 11.5 Å². The van der Waals surface area contributed by atoms with Crippen molar-refractivity contribution >= 4 is 55.6 Å². The van der Waals surface area contributed by atoms with Gasteiger partial charge in [0.05, 0.1) is 11.3 Å². The standard InChI is InChI=1S/C24H16BrNO5S/c1-12-8-9-32-23(12)20-19(21(28)18-11-13-10-14(25)6-7-17(13)31-18)22(29)24(30)26(20)15-4-2-3-5-16(15)27/h2-11,20,27,29H,1H3. The summed E-state index contributed by atoms with van der Waals surface area (Å²) in [5, 5.41) is 23.8. The fraction of sp³-hybridized carbons (Fsp3) is 0.0833. The molecule has 1 aliphatic heterocycles. The van der Waals surface area contributed by atoms with Crippen LogP contribution in [0, 0.1) is 6.92 Å². The summed E-state index contributed by atoms with van der Waals surface area (Å²) in [6.07, 6.45) is 0. The highest BCUT2D eigenvalue weighted by molar-refractivity contribution is 9.10. The summed E-state index contributed by atoms with van der Waals surface area (Å²) in [4.78, 5) is 28.7. The van der Waals surface area contributed by atoms with E-state index < -0.39 is 23.5 Å². The lowest BCUT2D eigenvalue weighted by Gasteiger charge is -2.26. The molecular weight excluding hydrogens is 494 g/mol. The molecule has 5 rings (SSSR count). The van der Waals surface area contributed by atoms with Gasteiger partial charge in [0.25, 0.3) is 5.91 Å². The Kier molecular flexibility index (Phi) is 4.91. The quantitative estimate of drug-likeness (QED) is 0.326. The zero-order chi connectivity index (χ0) is 22.6. The summed E-state index contributed by atoms with van der Waals surface area (Å²) in [5.41, 5.74) is 1.50. The SMILES string of the molecule is Cc1ccsc1C1C(C(=O)c2cc3cc(Br)ccc3o2)=C(O)C(=O)N1c1ccccc1O. The number of para-hydroxylation sites is 2. The zero-order valence-corrected chi connectivity index (χ0v) is 19.1. The first-order chi connectivity index (χ1) is 15.4. The molecule has 32 heavy (non-hydrogen) atoms. The number of fused-ring (bicyclic) bond motifs is 1. The number of aliphatic hydroxyl groups excluding tert-OH is 1. The van der Waals surface area contributed by atoms with Gasteiger partial charge in [0.1, 0.15) is 17.4 Å². The second-order valence-corrected chi connectivity index (χ2v) is 9.28. The molecule has 2 aromatic heterocycles. The van der Waals surface area contributed by atoms with E-state index in [2.05, 4.69) is 15.9 Å². The molecule has 160 valence electrons. The summed E-state index contributed by atoms with van der Waals surface area (Å²) in [6, 6.07) is 14.3. The van der Waals surface area contributed by atoms with Crippen molar-refractivity contribution in [3.63, 3.8) is 0 Å². The topological polar surface area (TPSA) is 91.0 Å². The number of aliphatic hydroxyl groups is 1. The highest BCUT2D eigenvalue weighted by Gasteiger charge is 2.47. The number of hydrogen-bond donors (Lipinski definition) is 2. The van der Waals surface area contributed by atoms with Gasteiger partial charge in [-0.15, -0.1) is 11.3 Å². The summed E-state index contributed by atoms with van der Waals surface area (Å²) in [5.74, 6) is -2.11.